The summed E-state index contributed by atoms with van der Waals surface area (Å²) in [6, 6.07) is 0.218. The Labute approximate surface area is 134 Å². The summed E-state index contributed by atoms with van der Waals surface area (Å²) in [5.74, 6) is 0.412. The Morgan fingerprint density at radius 2 is 1.86 bits per heavy atom. The van der Waals surface area contributed by atoms with Gasteiger partial charge in [-0.2, -0.15) is 0 Å². The lowest BCUT2D eigenvalue weighted by molar-refractivity contribution is 0.110. The van der Waals surface area contributed by atoms with Crippen molar-refractivity contribution in [1.29, 1.82) is 0 Å². The van der Waals surface area contributed by atoms with Gasteiger partial charge in [-0.3, -0.25) is 0 Å². The van der Waals surface area contributed by atoms with E-state index in [1.54, 1.807) is 11.9 Å². The van der Waals surface area contributed by atoms with E-state index in [2.05, 4.69) is 29.2 Å². The average molecular weight is 312 g/mol. The topological polar surface area (TPSA) is 59.0 Å². The molecule has 0 spiro atoms. The summed E-state index contributed by atoms with van der Waals surface area (Å²) in [4.78, 5) is 18.5. The second kappa shape index (κ2) is 8.13. The van der Waals surface area contributed by atoms with Crippen LogP contribution in [0.1, 0.15) is 25.7 Å². The molecule has 22 heavy (non-hydrogen) atoms. The number of amides is 2. The molecule has 6 nitrogen and oxygen atoms in total. The highest BCUT2D eigenvalue weighted by Crippen LogP contribution is 2.32. The van der Waals surface area contributed by atoms with Gasteiger partial charge in [0, 0.05) is 45.8 Å². The summed E-state index contributed by atoms with van der Waals surface area (Å²) in [6.45, 7) is 4.72. The molecule has 2 fully saturated rings. The molecule has 6 heteroatoms. The van der Waals surface area contributed by atoms with Crippen molar-refractivity contribution in [2.24, 2.45) is 5.92 Å². The standard InChI is InChI=1S/C16H32N4O2/c1-18(2)10-11-20-8-6-14(7-9-20)17-16(22)19(3)12-15(21)13-4-5-13/h13-15,21H,4-12H2,1-3H3,(H,17,22). The molecular formula is C16H32N4O2. The van der Waals surface area contributed by atoms with Crippen LogP contribution in [0.5, 0.6) is 0 Å². The molecule has 1 aliphatic carbocycles. The van der Waals surface area contributed by atoms with E-state index < -0.39 is 0 Å². The Morgan fingerprint density at radius 1 is 1.23 bits per heavy atom. The fourth-order valence-electron chi connectivity index (χ4n) is 2.92. The molecule has 2 N–H and O–H groups in total. The van der Waals surface area contributed by atoms with Crippen LogP contribution in [0.2, 0.25) is 0 Å². The van der Waals surface area contributed by atoms with Gasteiger partial charge in [0.05, 0.1) is 6.10 Å². The summed E-state index contributed by atoms with van der Waals surface area (Å²) in [5.41, 5.74) is 0. The van der Waals surface area contributed by atoms with Crippen molar-refractivity contribution in [2.45, 2.75) is 37.8 Å². The molecule has 0 radical (unpaired) electrons. The first kappa shape index (κ1) is 17.5. The maximum absolute atomic E-state index is 12.2. The molecule has 1 atom stereocenters. The Bertz CT molecular complexity index is 352. The first-order valence-electron chi connectivity index (χ1n) is 8.52. The molecule has 0 aromatic carbocycles. The number of likely N-dealkylation sites (N-methyl/N-ethyl adjacent to an activating group) is 2. The van der Waals surface area contributed by atoms with E-state index in [1.807, 2.05) is 0 Å². The molecule has 1 saturated carbocycles. The van der Waals surface area contributed by atoms with Crippen LogP contribution in [0.4, 0.5) is 4.79 Å². The molecular weight excluding hydrogens is 280 g/mol. The number of hydrogen-bond donors (Lipinski definition) is 2. The van der Waals surface area contributed by atoms with Gasteiger partial charge in [-0.25, -0.2) is 4.79 Å². The normalized spacial score (nSPS) is 21.9. The van der Waals surface area contributed by atoms with Gasteiger partial charge in [-0.1, -0.05) is 0 Å². The van der Waals surface area contributed by atoms with Gasteiger partial charge in [0.25, 0.3) is 0 Å². The lowest BCUT2D eigenvalue weighted by Gasteiger charge is -2.34. The third-order valence-corrected chi connectivity index (χ3v) is 4.75. The molecule has 128 valence electrons. The van der Waals surface area contributed by atoms with Gasteiger partial charge in [-0.15, -0.1) is 0 Å². The number of piperidine rings is 1. The molecule has 1 saturated heterocycles. The van der Waals surface area contributed by atoms with Crippen LogP contribution in [-0.4, -0.2) is 91.8 Å². The van der Waals surface area contributed by atoms with Gasteiger partial charge in [0.1, 0.15) is 0 Å². The quantitative estimate of drug-likeness (QED) is 0.715. The van der Waals surface area contributed by atoms with Crippen LogP contribution in [0, 0.1) is 5.92 Å². The number of hydrogen-bond acceptors (Lipinski definition) is 4. The summed E-state index contributed by atoms with van der Waals surface area (Å²) < 4.78 is 0. The molecule has 1 aliphatic heterocycles. The monoisotopic (exact) mass is 312 g/mol. The van der Waals surface area contributed by atoms with Gasteiger partial charge >= 0.3 is 6.03 Å². The van der Waals surface area contributed by atoms with Crippen molar-refractivity contribution in [3.8, 4) is 0 Å². The highest BCUT2D eigenvalue weighted by molar-refractivity contribution is 5.74. The van der Waals surface area contributed by atoms with Crippen LogP contribution in [0.15, 0.2) is 0 Å². The minimum atomic E-state index is -0.358. The summed E-state index contributed by atoms with van der Waals surface area (Å²) in [6.07, 6.45) is 3.86. The zero-order valence-corrected chi connectivity index (χ0v) is 14.3. The minimum Gasteiger partial charge on any atom is -0.391 e. The highest BCUT2D eigenvalue weighted by Gasteiger charge is 2.31. The lowest BCUT2D eigenvalue weighted by atomic mass is 10.1. The van der Waals surface area contributed by atoms with Gasteiger partial charge < -0.3 is 25.1 Å². The maximum atomic E-state index is 12.2. The number of nitrogens with one attached hydrogen (secondary N) is 1. The van der Waals surface area contributed by atoms with Gasteiger partial charge in [-0.05, 0) is 45.7 Å². The number of nitrogens with zero attached hydrogens (tertiary/aromatic N) is 3. The van der Waals surface area contributed by atoms with E-state index >= 15 is 0 Å². The number of aliphatic hydroxyl groups is 1. The minimum absolute atomic E-state index is 0.0496. The number of carbonyl (C=O) groups is 1. The van der Waals surface area contributed by atoms with Crippen molar-refractivity contribution in [1.82, 2.24) is 20.0 Å². The van der Waals surface area contributed by atoms with Crippen LogP contribution in [0.3, 0.4) is 0 Å². The summed E-state index contributed by atoms with van der Waals surface area (Å²) >= 11 is 0. The van der Waals surface area contributed by atoms with Crippen LogP contribution < -0.4 is 5.32 Å². The fourth-order valence-corrected chi connectivity index (χ4v) is 2.92. The Morgan fingerprint density at radius 3 is 2.41 bits per heavy atom. The van der Waals surface area contributed by atoms with E-state index in [-0.39, 0.29) is 18.2 Å². The number of likely N-dealkylation sites (tertiary alicyclic amines) is 1. The van der Waals surface area contributed by atoms with Crippen LogP contribution >= 0.6 is 0 Å². The smallest absolute Gasteiger partial charge is 0.317 e. The van der Waals surface area contributed by atoms with E-state index in [4.69, 9.17) is 0 Å². The Hall–Kier alpha value is -0.850. The van der Waals surface area contributed by atoms with Crippen molar-refractivity contribution >= 4 is 6.03 Å². The van der Waals surface area contributed by atoms with Crippen molar-refractivity contribution in [3.05, 3.63) is 0 Å². The predicted octanol–water partition coefficient (Wildman–Crippen LogP) is 0.425. The van der Waals surface area contributed by atoms with E-state index in [0.29, 0.717) is 12.5 Å². The Balaban J connectivity index is 1.63. The predicted molar refractivity (Wildman–Crippen MR) is 87.9 cm³/mol. The van der Waals surface area contributed by atoms with E-state index in [0.717, 1.165) is 51.9 Å². The molecule has 0 aromatic rings. The molecule has 2 rings (SSSR count). The third-order valence-electron chi connectivity index (χ3n) is 4.75. The average Bonchev–Trinajstić information content (AvgIpc) is 3.31. The SMILES string of the molecule is CN(C)CCN1CCC(NC(=O)N(C)CC(O)C2CC2)CC1. The molecule has 1 heterocycles. The second-order valence-corrected chi connectivity index (χ2v) is 7.15. The van der Waals surface area contributed by atoms with Gasteiger partial charge in [0.2, 0.25) is 0 Å². The molecule has 2 amide bonds. The zero-order chi connectivity index (χ0) is 16.1. The number of carbonyl (C=O) groups excluding carboxylic acids is 1. The van der Waals surface area contributed by atoms with Crippen LogP contribution in [-0.2, 0) is 0 Å². The first-order valence-corrected chi connectivity index (χ1v) is 8.52. The lowest BCUT2D eigenvalue weighted by Crippen LogP contribution is -2.50. The summed E-state index contributed by atoms with van der Waals surface area (Å²) in [7, 11) is 5.96. The fraction of sp³-hybridized carbons (Fsp3) is 0.938. The molecule has 0 aromatic heterocycles. The van der Waals surface area contributed by atoms with Crippen molar-refractivity contribution in [2.75, 3.05) is 53.9 Å². The van der Waals surface area contributed by atoms with E-state index in [1.165, 1.54) is 0 Å². The maximum Gasteiger partial charge on any atom is 0.317 e. The second-order valence-electron chi connectivity index (χ2n) is 7.15. The molecule has 0 bridgehead atoms. The number of urea groups is 1. The first-order chi connectivity index (χ1) is 10.5. The summed E-state index contributed by atoms with van der Waals surface area (Å²) in [5, 5.41) is 13.0. The zero-order valence-electron chi connectivity index (χ0n) is 14.3. The third kappa shape index (κ3) is 5.74. The highest BCUT2D eigenvalue weighted by atomic mass is 16.3. The Kier molecular flexibility index (Phi) is 6.47. The molecule has 2 aliphatic rings. The molecule has 1 unspecified atom stereocenters. The van der Waals surface area contributed by atoms with Crippen molar-refractivity contribution < 1.29 is 9.90 Å². The van der Waals surface area contributed by atoms with Crippen LogP contribution in [0.25, 0.3) is 0 Å². The van der Waals surface area contributed by atoms with E-state index in [9.17, 15) is 9.90 Å². The number of rotatable bonds is 7. The van der Waals surface area contributed by atoms with Gasteiger partial charge in [0.15, 0.2) is 0 Å². The van der Waals surface area contributed by atoms with Crippen molar-refractivity contribution in [3.63, 3.8) is 0 Å². The largest absolute Gasteiger partial charge is 0.391 e. The number of aliphatic hydroxyl groups excluding tert-OH is 1.